The van der Waals surface area contributed by atoms with E-state index in [2.05, 4.69) is 10.3 Å². The number of benzene rings is 1. The molecule has 1 amide bonds. The smallest absolute Gasteiger partial charge is 0.409 e. The summed E-state index contributed by atoms with van der Waals surface area (Å²) in [6.07, 6.45) is 1.12. The Balaban J connectivity index is 1.72. The molecule has 0 bridgehead atoms. The zero-order valence-electron chi connectivity index (χ0n) is 18.2. The first-order valence-corrected chi connectivity index (χ1v) is 10.2. The second-order valence-electron chi connectivity index (χ2n) is 7.71. The summed E-state index contributed by atoms with van der Waals surface area (Å²) >= 11 is 0. The number of fused-ring (bicyclic) bond motifs is 1. The van der Waals surface area contributed by atoms with Crippen LogP contribution in [0, 0.1) is 12.7 Å². The normalized spacial score (nSPS) is 11.2. The first-order valence-electron chi connectivity index (χ1n) is 10.2. The number of aromatic nitrogens is 3. The van der Waals surface area contributed by atoms with Gasteiger partial charge in [0.05, 0.1) is 17.4 Å². The third-order valence-corrected chi connectivity index (χ3v) is 4.91. The van der Waals surface area contributed by atoms with Gasteiger partial charge in [-0.05, 0) is 63.0 Å². The highest BCUT2D eigenvalue weighted by molar-refractivity contribution is 5.91. The predicted octanol–water partition coefficient (Wildman–Crippen LogP) is 4.16. The summed E-state index contributed by atoms with van der Waals surface area (Å²) < 4.78 is 20.6. The number of aryl methyl sites for hydroxylation is 1. The minimum atomic E-state index is -0.530. The van der Waals surface area contributed by atoms with Gasteiger partial charge in [0.25, 0.3) is 0 Å². The van der Waals surface area contributed by atoms with Crippen LogP contribution in [-0.2, 0) is 0 Å². The molecule has 0 unspecified atom stereocenters. The number of rotatable bonds is 6. The largest absolute Gasteiger partial charge is 0.412 e. The van der Waals surface area contributed by atoms with E-state index in [1.54, 1.807) is 28.9 Å². The molecule has 0 aliphatic rings. The van der Waals surface area contributed by atoms with Crippen LogP contribution in [0.25, 0.3) is 28.0 Å². The fourth-order valence-corrected chi connectivity index (χ4v) is 3.37. The van der Waals surface area contributed by atoms with Crippen LogP contribution in [0.4, 0.5) is 9.18 Å². The Morgan fingerprint density at radius 2 is 1.91 bits per heavy atom. The summed E-state index contributed by atoms with van der Waals surface area (Å²) in [6.45, 7) is 3.10. The van der Waals surface area contributed by atoms with Gasteiger partial charge in [-0.25, -0.2) is 13.7 Å². The number of hydrogen-bond donors (Lipinski definition) is 1. The molecule has 0 saturated carbocycles. The molecule has 0 aliphatic heterocycles. The Morgan fingerprint density at radius 1 is 1.12 bits per heavy atom. The monoisotopic (exact) mass is 433 g/mol. The average molecular weight is 433 g/mol. The highest BCUT2D eigenvalue weighted by Gasteiger charge is 2.18. The number of ether oxygens (including phenoxy) is 1. The molecule has 1 N–H and O–H groups in total. The van der Waals surface area contributed by atoms with Crippen LogP contribution < -0.4 is 10.1 Å². The Labute approximate surface area is 185 Å². The lowest BCUT2D eigenvalue weighted by atomic mass is 10.0. The lowest BCUT2D eigenvalue weighted by Gasteiger charge is -2.10. The minimum absolute atomic E-state index is 0.309. The first kappa shape index (κ1) is 21.5. The Morgan fingerprint density at radius 3 is 2.62 bits per heavy atom. The highest BCUT2D eigenvalue weighted by Crippen LogP contribution is 2.35. The van der Waals surface area contributed by atoms with Gasteiger partial charge in [0.15, 0.2) is 5.75 Å². The fourth-order valence-electron chi connectivity index (χ4n) is 3.37. The molecule has 0 aliphatic carbocycles. The fraction of sp³-hybridized carbons (Fsp3) is 0.208. The van der Waals surface area contributed by atoms with E-state index < -0.39 is 6.09 Å². The van der Waals surface area contributed by atoms with E-state index in [-0.39, 0.29) is 5.82 Å². The number of carbonyl (C=O) groups excluding carboxylic acids is 1. The number of nitrogens with zero attached hydrogens (tertiary/aromatic N) is 4. The maximum Gasteiger partial charge on any atom is 0.412 e. The number of likely N-dealkylation sites (N-methyl/N-ethyl adjacent to an activating group) is 1. The van der Waals surface area contributed by atoms with Crippen LogP contribution >= 0.6 is 0 Å². The molecule has 0 fully saturated rings. The second-order valence-corrected chi connectivity index (χ2v) is 7.71. The summed E-state index contributed by atoms with van der Waals surface area (Å²) in [6, 6.07) is 15.5. The maximum atomic E-state index is 13.5. The number of nitrogens with one attached hydrogen (secondary N) is 1. The molecule has 3 heterocycles. The van der Waals surface area contributed by atoms with Gasteiger partial charge in [-0.1, -0.05) is 18.2 Å². The van der Waals surface area contributed by atoms with Crippen molar-refractivity contribution in [2.24, 2.45) is 0 Å². The van der Waals surface area contributed by atoms with Crippen molar-refractivity contribution < 1.29 is 13.9 Å². The van der Waals surface area contributed by atoms with Crippen molar-refractivity contribution in [1.29, 1.82) is 0 Å². The van der Waals surface area contributed by atoms with Crippen LogP contribution in [0.1, 0.15) is 5.69 Å². The molecule has 32 heavy (non-hydrogen) atoms. The van der Waals surface area contributed by atoms with E-state index >= 15 is 0 Å². The van der Waals surface area contributed by atoms with Gasteiger partial charge in [-0.3, -0.25) is 4.98 Å². The quantitative estimate of drug-likeness (QED) is 0.494. The van der Waals surface area contributed by atoms with Gasteiger partial charge in [-0.2, -0.15) is 5.10 Å². The number of amides is 1. The molecule has 3 aromatic heterocycles. The van der Waals surface area contributed by atoms with Crippen LogP contribution in [-0.4, -0.2) is 52.8 Å². The van der Waals surface area contributed by atoms with Gasteiger partial charge in [0.1, 0.15) is 11.5 Å². The standard InChI is InChI=1S/C24H24FN5O2/c1-16-5-4-6-20(27-16)23-22(17-7-9-18(25)10-8-17)21-12-11-19(15-30(21)28-23)32-24(31)26-13-14-29(2)3/h4-12,15H,13-14H2,1-3H3,(H,26,31). The van der Waals surface area contributed by atoms with Crippen LogP contribution in [0.15, 0.2) is 60.8 Å². The van der Waals surface area contributed by atoms with E-state index in [9.17, 15) is 9.18 Å². The van der Waals surface area contributed by atoms with Crippen LogP contribution in [0.3, 0.4) is 0 Å². The topological polar surface area (TPSA) is 71.8 Å². The van der Waals surface area contributed by atoms with Gasteiger partial charge in [0.2, 0.25) is 0 Å². The van der Waals surface area contributed by atoms with Crippen molar-refractivity contribution in [3.63, 3.8) is 0 Å². The van der Waals surface area contributed by atoms with Gasteiger partial charge < -0.3 is 15.0 Å². The Kier molecular flexibility index (Phi) is 6.13. The summed E-state index contributed by atoms with van der Waals surface area (Å²) in [5.74, 6) is 0.0492. The van der Waals surface area contributed by atoms with E-state index in [1.807, 2.05) is 50.2 Å². The lowest BCUT2D eigenvalue weighted by molar-refractivity contribution is 0.199. The van der Waals surface area contributed by atoms with Crippen molar-refractivity contribution in [2.45, 2.75) is 6.92 Å². The molecule has 164 valence electrons. The SMILES string of the molecule is Cc1cccc(-c2nn3cc(OC(=O)NCCN(C)C)ccc3c2-c2ccc(F)cc2)n1. The van der Waals surface area contributed by atoms with Gasteiger partial charge in [0, 0.05) is 24.3 Å². The molecule has 7 nitrogen and oxygen atoms in total. The zero-order valence-corrected chi connectivity index (χ0v) is 18.2. The van der Waals surface area contributed by atoms with Crippen molar-refractivity contribution in [2.75, 3.05) is 27.2 Å². The number of hydrogen-bond acceptors (Lipinski definition) is 5. The summed E-state index contributed by atoms with van der Waals surface area (Å²) in [4.78, 5) is 18.7. The summed E-state index contributed by atoms with van der Waals surface area (Å²) in [5.41, 5.74) is 4.66. The maximum absolute atomic E-state index is 13.5. The molecule has 0 radical (unpaired) electrons. The number of pyridine rings is 2. The van der Waals surface area contributed by atoms with Crippen molar-refractivity contribution in [3.05, 3.63) is 72.3 Å². The molecule has 0 atom stereocenters. The minimum Gasteiger partial charge on any atom is -0.409 e. The van der Waals surface area contributed by atoms with Gasteiger partial charge >= 0.3 is 6.09 Å². The molecule has 1 aromatic carbocycles. The molecule has 4 rings (SSSR count). The molecule has 0 saturated heterocycles. The van der Waals surface area contributed by atoms with Crippen molar-refractivity contribution >= 4 is 11.6 Å². The third-order valence-electron chi connectivity index (χ3n) is 4.91. The van der Waals surface area contributed by atoms with Crippen LogP contribution in [0.2, 0.25) is 0 Å². The van der Waals surface area contributed by atoms with Gasteiger partial charge in [-0.15, -0.1) is 0 Å². The Hall–Kier alpha value is -3.78. The van der Waals surface area contributed by atoms with Crippen molar-refractivity contribution in [3.8, 4) is 28.3 Å². The third kappa shape index (κ3) is 4.76. The molecule has 4 aromatic rings. The number of carbonyl (C=O) groups is 1. The lowest BCUT2D eigenvalue weighted by Crippen LogP contribution is -2.33. The van der Waals surface area contributed by atoms with E-state index in [1.165, 1.54) is 12.1 Å². The predicted molar refractivity (Wildman–Crippen MR) is 121 cm³/mol. The van der Waals surface area contributed by atoms with Crippen molar-refractivity contribution in [1.82, 2.24) is 24.8 Å². The summed E-state index contributed by atoms with van der Waals surface area (Å²) in [5, 5.41) is 7.43. The Bertz CT molecular complexity index is 1250. The second kappa shape index (κ2) is 9.15. The molecular weight excluding hydrogens is 409 g/mol. The van der Waals surface area contributed by atoms with E-state index in [0.717, 1.165) is 22.3 Å². The van der Waals surface area contributed by atoms with Crippen LogP contribution in [0.5, 0.6) is 5.75 Å². The molecule has 8 heteroatoms. The average Bonchev–Trinajstić information content (AvgIpc) is 3.13. The molecular formula is C24H24FN5O2. The van der Waals surface area contributed by atoms with E-state index in [4.69, 9.17) is 9.84 Å². The summed E-state index contributed by atoms with van der Waals surface area (Å²) in [7, 11) is 3.86. The number of halogens is 1. The highest BCUT2D eigenvalue weighted by atomic mass is 19.1. The first-order chi connectivity index (χ1) is 15.4. The zero-order chi connectivity index (χ0) is 22.7. The van der Waals surface area contributed by atoms with E-state index in [0.29, 0.717) is 30.2 Å². The molecule has 0 spiro atoms.